The van der Waals surface area contributed by atoms with Crippen molar-refractivity contribution in [3.63, 3.8) is 0 Å². The first kappa shape index (κ1) is 11.1. The molecule has 0 saturated carbocycles. The maximum atomic E-state index is 12.4. The molecule has 0 aromatic rings. The topological polar surface area (TPSA) is 0 Å². The number of halogens is 5. The molecule has 1 atom stereocenters. The third kappa shape index (κ3) is 2.01. The highest BCUT2D eigenvalue weighted by molar-refractivity contribution is 7.18. The molecule has 0 spiro atoms. The minimum absolute atomic E-state index is 0.408. The molecule has 0 aliphatic carbocycles. The van der Waals surface area contributed by atoms with Gasteiger partial charge in [0, 0.05) is 0 Å². The lowest BCUT2D eigenvalue weighted by atomic mass is 10.0. The normalized spacial score (nSPS) is 15.3. The van der Waals surface area contributed by atoms with E-state index in [0.29, 0.717) is 23.1 Å². The molecule has 0 aromatic heterocycles. The van der Waals surface area contributed by atoms with Crippen molar-refractivity contribution in [1.82, 2.24) is 0 Å². The summed E-state index contributed by atoms with van der Waals surface area (Å²) in [5.41, 5.74) is -7.64. The first-order valence-corrected chi connectivity index (χ1v) is 3.31. The smallest absolute Gasteiger partial charge is 0.238 e. The molecule has 11 heavy (non-hydrogen) atoms. The summed E-state index contributed by atoms with van der Waals surface area (Å²) in [6.45, 7) is 0.815. The molecule has 0 saturated heterocycles. The second kappa shape index (κ2) is 2.54. The van der Waals surface area contributed by atoms with Crippen molar-refractivity contribution in [1.29, 1.82) is 0 Å². The van der Waals surface area contributed by atoms with Crippen LogP contribution in [0.15, 0.2) is 0 Å². The molecule has 0 N–H and O–H groups in total. The zero-order valence-corrected chi connectivity index (χ0v) is 7.12. The van der Waals surface area contributed by atoms with Crippen LogP contribution in [0.5, 0.6) is 0 Å². The molecule has 0 fully saturated rings. The molecule has 0 radical (unpaired) electrons. The monoisotopic (exact) mass is 194 g/mol. The van der Waals surface area contributed by atoms with Crippen molar-refractivity contribution >= 4 is 9.24 Å². The van der Waals surface area contributed by atoms with Gasteiger partial charge in [0.1, 0.15) is 0 Å². The molecule has 1 unspecified atom stereocenters. The van der Waals surface area contributed by atoms with Gasteiger partial charge in [-0.2, -0.15) is 17.6 Å². The van der Waals surface area contributed by atoms with Crippen LogP contribution in [-0.4, -0.2) is 17.3 Å². The average Bonchev–Trinajstić information content (AvgIpc) is 1.58. The molecule has 0 nitrogen and oxygen atoms in total. The van der Waals surface area contributed by atoms with E-state index in [1.54, 1.807) is 0 Å². The first-order valence-electron chi connectivity index (χ1n) is 2.73. The predicted molar refractivity (Wildman–Crippen MR) is 34.8 cm³/mol. The Hall–Kier alpha value is 0.0800. The van der Waals surface area contributed by atoms with E-state index in [2.05, 4.69) is 0 Å². The van der Waals surface area contributed by atoms with Gasteiger partial charge in [0.25, 0.3) is 0 Å². The van der Waals surface area contributed by atoms with Crippen molar-refractivity contribution in [2.45, 2.75) is 31.1 Å². The maximum absolute atomic E-state index is 12.4. The summed E-state index contributed by atoms with van der Waals surface area (Å²) in [5.74, 6) is -4.66. The summed E-state index contributed by atoms with van der Waals surface area (Å²) < 4.78 is 60.9. The van der Waals surface area contributed by atoms with E-state index in [1.165, 1.54) is 0 Å². The fourth-order valence-corrected chi connectivity index (χ4v) is 0.740. The maximum Gasteiger partial charge on any atom is 0.345 e. The van der Waals surface area contributed by atoms with E-state index < -0.39 is 17.3 Å². The number of alkyl halides is 5. The minimum atomic E-state index is -4.66. The molecular formula is C5H8F5P. The van der Waals surface area contributed by atoms with E-state index in [0.717, 1.165) is 0 Å². The number of hydrogen-bond acceptors (Lipinski definition) is 0. The highest BCUT2D eigenvalue weighted by Crippen LogP contribution is 2.47. The van der Waals surface area contributed by atoms with Crippen LogP contribution in [0.25, 0.3) is 0 Å². The summed E-state index contributed by atoms with van der Waals surface area (Å²) in [4.78, 5) is 0. The van der Waals surface area contributed by atoms with Crippen LogP contribution in [0.4, 0.5) is 22.0 Å². The van der Waals surface area contributed by atoms with E-state index >= 15 is 0 Å². The summed E-state index contributed by atoms with van der Waals surface area (Å²) in [5, 5.41) is 0. The van der Waals surface area contributed by atoms with Gasteiger partial charge < -0.3 is 0 Å². The van der Waals surface area contributed by atoms with E-state index in [1.807, 2.05) is 0 Å². The Bertz CT molecular complexity index is 126. The van der Waals surface area contributed by atoms with Gasteiger partial charge in [-0.1, -0.05) is 9.24 Å². The number of hydrogen-bond donors (Lipinski definition) is 0. The van der Waals surface area contributed by atoms with Gasteiger partial charge in [-0.3, -0.25) is 0 Å². The summed E-state index contributed by atoms with van der Waals surface area (Å²) in [7, 11) is 0.625. The van der Waals surface area contributed by atoms with Crippen LogP contribution < -0.4 is 0 Å². The molecule has 0 aliphatic heterocycles. The molecule has 0 bridgehead atoms. The lowest BCUT2D eigenvalue weighted by Crippen LogP contribution is -2.49. The summed E-state index contributed by atoms with van der Waals surface area (Å²) in [6.07, 6.45) is 0. The molecular weight excluding hydrogens is 186 g/mol. The van der Waals surface area contributed by atoms with Gasteiger partial charge in [0.2, 0.25) is 0 Å². The lowest BCUT2D eigenvalue weighted by molar-refractivity contribution is -0.220. The van der Waals surface area contributed by atoms with Gasteiger partial charge in [-0.25, -0.2) is 4.39 Å². The van der Waals surface area contributed by atoms with Crippen molar-refractivity contribution < 1.29 is 22.0 Å². The Morgan fingerprint density at radius 3 is 1.18 bits per heavy atom. The second-order valence-corrected chi connectivity index (χ2v) is 3.39. The van der Waals surface area contributed by atoms with Crippen LogP contribution in [-0.2, 0) is 0 Å². The quantitative estimate of drug-likeness (QED) is 0.468. The van der Waals surface area contributed by atoms with E-state index in [-0.39, 0.29) is 0 Å². The molecule has 0 rings (SSSR count). The van der Waals surface area contributed by atoms with E-state index in [4.69, 9.17) is 0 Å². The molecule has 6 heteroatoms. The van der Waals surface area contributed by atoms with Crippen molar-refractivity contribution in [3.8, 4) is 0 Å². The fraction of sp³-hybridized carbons (Fsp3) is 1.00. The van der Waals surface area contributed by atoms with Gasteiger partial charge in [0.05, 0.1) is 0 Å². The third-order valence-electron chi connectivity index (χ3n) is 1.17. The van der Waals surface area contributed by atoms with Gasteiger partial charge in [-0.15, -0.1) is 0 Å². The Kier molecular flexibility index (Phi) is 2.56. The van der Waals surface area contributed by atoms with Crippen LogP contribution in [0.2, 0.25) is 0 Å². The van der Waals surface area contributed by atoms with Crippen LogP contribution in [0.1, 0.15) is 13.8 Å². The molecule has 0 aliphatic rings. The Morgan fingerprint density at radius 2 is 1.18 bits per heavy atom. The van der Waals surface area contributed by atoms with Gasteiger partial charge >= 0.3 is 11.6 Å². The van der Waals surface area contributed by atoms with Crippen LogP contribution >= 0.6 is 9.24 Å². The largest absolute Gasteiger partial charge is 0.345 e. The van der Waals surface area contributed by atoms with Crippen molar-refractivity contribution in [3.05, 3.63) is 0 Å². The Labute approximate surface area is 63.4 Å². The summed E-state index contributed by atoms with van der Waals surface area (Å²) in [6, 6.07) is 0. The van der Waals surface area contributed by atoms with Crippen LogP contribution in [0, 0.1) is 0 Å². The number of rotatable bonds is 2. The molecule has 68 valence electrons. The third-order valence-corrected chi connectivity index (χ3v) is 1.53. The van der Waals surface area contributed by atoms with E-state index in [9.17, 15) is 22.0 Å². The predicted octanol–water partition coefficient (Wildman–Crippen LogP) is 2.84. The minimum Gasteiger partial charge on any atom is -0.238 e. The van der Waals surface area contributed by atoms with Crippen LogP contribution in [0.3, 0.4) is 0 Å². The Balaban J connectivity index is 4.75. The van der Waals surface area contributed by atoms with Gasteiger partial charge in [-0.05, 0) is 13.8 Å². The highest BCUT2D eigenvalue weighted by Gasteiger charge is 2.63. The standard InChI is InChI=1S/C5H8F5P/c1-3(2,6)4(7,8)5(9,10)11/h11H2,1-2H3. The summed E-state index contributed by atoms with van der Waals surface area (Å²) >= 11 is 0. The zero-order valence-electron chi connectivity index (χ0n) is 5.97. The Morgan fingerprint density at radius 1 is 0.909 bits per heavy atom. The second-order valence-electron chi connectivity index (χ2n) is 2.67. The molecule has 0 amide bonds. The van der Waals surface area contributed by atoms with Crippen molar-refractivity contribution in [2.75, 3.05) is 0 Å². The van der Waals surface area contributed by atoms with Gasteiger partial charge in [0.15, 0.2) is 5.67 Å². The first-order chi connectivity index (χ1) is 4.50. The lowest BCUT2D eigenvalue weighted by Gasteiger charge is -2.30. The van der Waals surface area contributed by atoms with Crippen molar-refractivity contribution in [2.24, 2.45) is 0 Å². The molecule has 0 heterocycles. The SMILES string of the molecule is CC(C)(F)C(F)(F)C(F)(F)P. The highest BCUT2D eigenvalue weighted by atomic mass is 31.0. The zero-order chi connectivity index (χ0) is 9.50. The fourth-order valence-electron chi connectivity index (χ4n) is 0.396. The average molecular weight is 194 g/mol. The molecule has 0 aromatic carbocycles.